The van der Waals surface area contributed by atoms with Crippen LogP contribution in [0.3, 0.4) is 0 Å². The first-order valence-electron chi connectivity index (χ1n) is 9.75. The van der Waals surface area contributed by atoms with Crippen molar-refractivity contribution in [3.63, 3.8) is 0 Å². The van der Waals surface area contributed by atoms with Crippen LogP contribution in [0.4, 0.5) is 0 Å². The van der Waals surface area contributed by atoms with Crippen molar-refractivity contribution in [2.45, 2.75) is 19.4 Å². The van der Waals surface area contributed by atoms with E-state index in [4.69, 9.17) is 5.73 Å². The minimum atomic E-state index is -0.165. The summed E-state index contributed by atoms with van der Waals surface area (Å²) >= 11 is 0. The lowest BCUT2D eigenvalue weighted by Crippen LogP contribution is -2.37. The molecular weight excluding hydrogens is 350 g/mol. The van der Waals surface area contributed by atoms with Crippen LogP contribution in [0.2, 0.25) is 0 Å². The van der Waals surface area contributed by atoms with Gasteiger partial charge in [0.25, 0.3) is 5.56 Å². The van der Waals surface area contributed by atoms with Crippen molar-refractivity contribution < 1.29 is 0 Å². The molecule has 0 amide bonds. The second kappa shape index (κ2) is 8.46. The largest absolute Gasteiger partial charge is 0.330 e. The molecule has 3 N–H and O–H groups in total. The molecule has 4 rings (SSSR count). The van der Waals surface area contributed by atoms with Gasteiger partial charge in [0.05, 0.1) is 5.69 Å². The number of pyridine rings is 1. The Balaban J connectivity index is 1.53. The van der Waals surface area contributed by atoms with Gasteiger partial charge < -0.3 is 10.7 Å². The summed E-state index contributed by atoms with van der Waals surface area (Å²) in [6.45, 7) is 3.89. The summed E-state index contributed by atoms with van der Waals surface area (Å²) in [6, 6.07) is 13.5. The Morgan fingerprint density at radius 1 is 1.11 bits per heavy atom. The average molecular weight is 375 g/mol. The second-order valence-electron chi connectivity index (χ2n) is 7.39. The van der Waals surface area contributed by atoms with Crippen molar-refractivity contribution in [2.75, 3.05) is 19.6 Å². The molecule has 0 aliphatic carbocycles. The third-order valence-electron chi connectivity index (χ3n) is 5.29. The lowest BCUT2D eigenvalue weighted by molar-refractivity contribution is 0.171. The summed E-state index contributed by atoms with van der Waals surface area (Å²) in [5, 5.41) is 0. The standard InChI is InChI=1S/C22H25N5O/c23-13-17-2-1-11-27(15-17)14-16-3-5-19(6-4-16)22-25-20(12-21(28)26-22)18-7-9-24-10-8-18/h3-10,12,17H,1-2,11,13-15,23H2,(H,25,26,28)/t17-/m0/s1. The molecule has 1 saturated heterocycles. The van der Waals surface area contributed by atoms with E-state index in [1.54, 1.807) is 12.4 Å². The van der Waals surface area contributed by atoms with Crippen molar-refractivity contribution >= 4 is 0 Å². The van der Waals surface area contributed by atoms with E-state index in [2.05, 4.69) is 32.0 Å². The number of aromatic amines is 1. The Labute approximate surface area is 164 Å². The minimum absolute atomic E-state index is 0.165. The van der Waals surface area contributed by atoms with Gasteiger partial charge >= 0.3 is 0 Å². The first kappa shape index (κ1) is 18.5. The first-order valence-corrected chi connectivity index (χ1v) is 9.75. The van der Waals surface area contributed by atoms with Gasteiger partial charge in [0.15, 0.2) is 0 Å². The molecule has 3 aromatic rings. The van der Waals surface area contributed by atoms with E-state index in [1.807, 2.05) is 24.3 Å². The van der Waals surface area contributed by atoms with Crippen LogP contribution in [0.25, 0.3) is 22.6 Å². The van der Waals surface area contributed by atoms with Gasteiger partial charge in [-0.3, -0.25) is 14.7 Å². The summed E-state index contributed by atoms with van der Waals surface area (Å²) in [5.41, 5.74) is 9.35. The van der Waals surface area contributed by atoms with E-state index in [9.17, 15) is 4.79 Å². The summed E-state index contributed by atoms with van der Waals surface area (Å²) in [7, 11) is 0. The molecule has 1 atom stereocenters. The molecule has 3 heterocycles. The quantitative estimate of drug-likeness (QED) is 0.716. The van der Waals surface area contributed by atoms with E-state index in [0.29, 0.717) is 17.4 Å². The molecule has 6 heteroatoms. The van der Waals surface area contributed by atoms with Crippen LogP contribution < -0.4 is 11.3 Å². The van der Waals surface area contributed by atoms with Crippen LogP contribution in [0.5, 0.6) is 0 Å². The maximum absolute atomic E-state index is 12.1. The average Bonchev–Trinajstić information content (AvgIpc) is 2.74. The molecule has 2 aromatic heterocycles. The van der Waals surface area contributed by atoms with Crippen LogP contribution in [0.15, 0.2) is 59.7 Å². The Kier molecular flexibility index (Phi) is 5.60. The predicted octanol–water partition coefficient (Wildman–Crippen LogP) is 2.67. The first-order chi connectivity index (χ1) is 13.7. The number of H-pyrrole nitrogens is 1. The van der Waals surface area contributed by atoms with Crippen LogP contribution in [0, 0.1) is 5.92 Å². The SMILES string of the molecule is NC[C@@H]1CCCN(Cc2ccc(-c3nc(-c4ccncc4)cc(=O)[nH]3)cc2)C1. The lowest BCUT2D eigenvalue weighted by Gasteiger charge is -2.32. The van der Waals surface area contributed by atoms with Crippen LogP contribution in [-0.2, 0) is 6.54 Å². The fourth-order valence-electron chi connectivity index (χ4n) is 3.78. The molecule has 0 saturated carbocycles. The number of hydrogen-bond acceptors (Lipinski definition) is 5. The highest BCUT2D eigenvalue weighted by molar-refractivity contribution is 5.63. The van der Waals surface area contributed by atoms with Crippen LogP contribution in [0.1, 0.15) is 18.4 Å². The predicted molar refractivity (Wildman–Crippen MR) is 111 cm³/mol. The minimum Gasteiger partial charge on any atom is -0.330 e. The molecular formula is C22H25N5O. The van der Waals surface area contributed by atoms with Gasteiger partial charge in [0, 0.05) is 42.7 Å². The smallest absolute Gasteiger partial charge is 0.251 e. The number of nitrogens with zero attached hydrogens (tertiary/aromatic N) is 3. The number of nitrogens with one attached hydrogen (secondary N) is 1. The van der Waals surface area contributed by atoms with Gasteiger partial charge in [-0.1, -0.05) is 24.3 Å². The summed E-state index contributed by atoms with van der Waals surface area (Å²) in [5.74, 6) is 1.19. The van der Waals surface area contributed by atoms with Crippen molar-refractivity contribution in [1.29, 1.82) is 0 Å². The van der Waals surface area contributed by atoms with E-state index < -0.39 is 0 Å². The zero-order valence-corrected chi connectivity index (χ0v) is 15.8. The van der Waals surface area contributed by atoms with Gasteiger partial charge in [0.1, 0.15) is 5.82 Å². The fourth-order valence-corrected chi connectivity index (χ4v) is 3.78. The van der Waals surface area contributed by atoms with Crippen molar-refractivity contribution in [3.8, 4) is 22.6 Å². The Morgan fingerprint density at radius 2 is 1.89 bits per heavy atom. The van der Waals surface area contributed by atoms with Crippen LogP contribution in [-0.4, -0.2) is 39.5 Å². The molecule has 0 unspecified atom stereocenters. The lowest BCUT2D eigenvalue weighted by atomic mass is 9.98. The molecule has 28 heavy (non-hydrogen) atoms. The monoisotopic (exact) mass is 375 g/mol. The molecule has 0 bridgehead atoms. The van der Waals surface area contributed by atoms with Crippen LogP contribution >= 0.6 is 0 Å². The molecule has 1 aliphatic rings. The van der Waals surface area contributed by atoms with Gasteiger partial charge in [-0.05, 0) is 49.5 Å². The molecule has 1 aromatic carbocycles. The molecule has 1 fully saturated rings. The number of piperidine rings is 1. The van der Waals surface area contributed by atoms with E-state index in [1.165, 1.54) is 24.5 Å². The fraction of sp³-hybridized carbons (Fsp3) is 0.318. The zero-order chi connectivity index (χ0) is 19.3. The van der Waals surface area contributed by atoms with Gasteiger partial charge in [0.2, 0.25) is 0 Å². The number of hydrogen-bond donors (Lipinski definition) is 2. The zero-order valence-electron chi connectivity index (χ0n) is 15.8. The third-order valence-corrected chi connectivity index (χ3v) is 5.29. The van der Waals surface area contributed by atoms with E-state index in [0.717, 1.165) is 37.3 Å². The number of rotatable bonds is 5. The topological polar surface area (TPSA) is 87.9 Å². The second-order valence-corrected chi connectivity index (χ2v) is 7.39. The molecule has 0 radical (unpaired) electrons. The maximum Gasteiger partial charge on any atom is 0.251 e. The van der Waals surface area contributed by atoms with E-state index in [-0.39, 0.29) is 5.56 Å². The Morgan fingerprint density at radius 3 is 2.64 bits per heavy atom. The Hall–Kier alpha value is -2.83. The highest BCUT2D eigenvalue weighted by Gasteiger charge is 2.18. The molecule has 0 spiro atoms. The highest BCUT2D eigenvalue weighted by Crippen LogP contribution is 2.21. The maximum atomic E-state index is 12.1. The summed E-state index contributed by atoms with van der Waals surface area (Å²) in [4.78, 5) is 26.1. The van der Waals surface area contributed by atoms with Gasteiger partial charge in [-0.15, -0.1) is 0 Å². The van der Waals surface area contributed by atoms with E-state index >= 15 is 0 Å². The number of nitrogens with two attached hydrogens (primary N) is 1. The number of likely N-dealkylation sites (tertiary alicyclic amines) is 1. The van der Waals surface area contributed by atoms with Crippen molar-refractivity contribution in [2.24, 2.45) is 11.7 Å². The van der Waals surface area contributed by atoms with Crippen molar-refractivity contribution in [3.05, 3.63) is 70.8 Å². The van der Waals surface area contributed by atoms with Gasteiger partial charge in [-0.25, -0.2) is 4.98 Å². The summed E-state index contributed by atoms with van der Waals surface area (Å²) in [6.07, 6.45) is 5.84. The molecule has 6 nitrogen and oxygen atoms in total. The Bertz CT molecular complexity index is 968. The molecule has 1 aliphatic heterocycles. The summed E-state index contributed by atoms with van der Waals surface area (Å²) < 4.78 is 0. The normalized spacial score (nSPS) is 17.5. The number of aromatic nitrogens is 3. The number of benzene rings is 1. The molecule has 144 valence electrons. The highest BCUT2D eigenvalue weighted by atomic mass is 16.1. The van der Waals surface area contributed by atoms with Gasteiger partial charge in [-0.2, -0.15) is 0 Å². The third kappa shape index (κ3) is 4.35. The van der Waals surface area contributed by atoms with Crippen molar-refractivity contribution in [1.82, 2.24) is 19.9 Å².